The summed E-state index contributed by atoms with van der Waals surface area (Å²) in [4.78, 5) is 5.59. The molecule has 168 valence electrons. The first-order chi connectivity index (χ1) is 15.0. The molecule has 0 radical (unpaired) electrons. The van der Waals surface area contributed by atoms with E-state index >= 15 is 0 Å². The molecule has 1 saturated heterocycles. The van der Waals surface area contributed by atoms with Gasteiger partial charge in [-0.15, -0.1) is 11.3 Å². The van der Waals surface area contributed by atoms with Crippen molar-refractivity contribution in [2.24, 2.45) is 16.1 Å². The molecule has 1 aromatic heterocycles. The third-order valence-corrected chi connectivity index (χ3v) is 9.12. The van der Waals surface area contributed by atoms with Crippen LogP contribution in [0, 0.1) is 5.92 Å². The molecule has 5 nitrogen and oxygen atoms in total. The molecular formula is C25H35N3O2S. The smallest absolute Gasteiger partial charge is 0.121 e. The summed E-state index contributed by atoms with van der Waals surface area (Å²) in [6.45, 7) is 9.48. The van der Waals surface area contributed by atoms with Crippen molar-refractivity contribution in [1.29, 1.82) is 0 Å². The van der Waals surface area contributed by atoms with Gasteiger partial charge in [0, 0.05) is 54.3 Å². The van der Waals surface area contributed by atoms with Gasteiger partial charge in [-0.05, 0) is 63.2 Å². The average Bonchev–Trinajstić information content (AvgIpc) is 3.25. The maximum Gasteiger partial charge on any atom is 0.121 e. The second-order valence-electron chi connectivity index (χ2n) is 9.59. The van der Waals surface area contributed by atoms with Crippen LogP contribution in [0.4, 0.5) is 0 Å². The van der Waals surface area contributed by atoms with E-state index in [9.17, 15) is 0 Å². The van der Waals surface area contributed by atoms with Crippen LogP contribution in [0.5, 0.6) is 0 Å². The van der Waals surface area contributed by atoms with Crippen LogP contribution >= 0.6 is 11.3 Å². The van der Waals surface area contributed by atoms with Crippen molar-refractivity contribution in [3.8, 4) is 0 Å². The summed E-state index contributed by atoms with van der Waals surface area (Å²) in [6, 6.07) is 2.86. The summed E-state index contributed by atoms with van der Waals surface area (Å²) in [5.41, 5.74) is 3.76. The standard InChI is InChI=1S/C25H35N3O2S/c1-5-19-13-21-24(31-19)8-11-29-25(21)9-10-28(16(2)14-25)15-18(27-26-4)12-23-17(3)20-6-7-22(20)30-23/h12-13,16,20,22H,5-11,14-15H2,1-4H3/b18-12-,27-26?/t16-,20+,22-,25+/m0/s1. The van der Waals surface area contributed by atoms with Crippen LogP contribution in [-0.2, 0) is 27.9 Å². The van der Waals surface area contributed by atoms with Gasteiger partial charge in [-0.1, -0.05) is 6.92 Å². The van der Waals surface area contributed by atoms with E-state index < -0.39 is 0 Å². The Labute approximate surface area is 190 Å². The predicted octanol–water partition coefficient (Wildman–Crippen LogP) is 5.61. The van der Waals surface area contributed by atoms with Gasteiger partial charge in [0.25, 0.3) is 0 Å². The van der Waals surface area contributed by atoms with E-state index in [1.54, 1.807) is 11.9 Å². The van der Waals surface area contributed by atoms with E-state index in [1.807, 2.05) is 11.3 Å². The SMILES string of the molecule is CCc1cc2c(s1)CCO[C@@]21CCN(C/C(=C/C2=C(C)[C@H]3CC[C@@H]3O2)N=NC)[C@@H](C)C1. The Morgan fingerprint density at radius 1 is 1.39 bits per heavy atom. The first kappa shape index (κ1) is 21.4. The van der Waals surface area contributed by atoms with Crippen LogP contribution in [0.3, 0.4) is 0 Å². The highest BCUT2D eigenvalue weighted by molar-refractivity contribution is 7.12. The quantitative estimate of drug-likeness (QED) is 0.558. The molecule has 1 saturated carbocycles. The molecule has 0 bridgehead atoms. The lowest BCUT2D eigenvalue weighted by Gasteiger charge is -2.47. The number of ether oxygens (including phenoxy) is 2. The van der Waals surface area contributed by atoms with E-state index in [-0.39, 0.29) is 5.60 Å². The molecule has 0 unspecified atom stereocenters. The molecule has 0 aromatic carbocycles. The molecule has 6 heteroatoms. The maximum atomic E-state index is 6.51. The highest BCUT2D eigenvalue weighted by Crippen LogP contribution is 2.47. The monoisotopic (exact) mass is 441 g/mol. The normalized spacial score (nSPS) is 33.5. The van der Waals surface area contributed by atoms with E-state index in [4.69, 9.17) is 9.47 Å². The van der Waals surface area contributed by atoms with Gasteiger partial charge in [0.1, 0.15) is 11.9 Å². The molecule has 1 aromatic rings. The van der Waals surface area contributed by atoms with Crippen molar-refractivity contribution in [3.63, 3.8) is 0 Å². The van der Waals surface area contributed by atoms with Crippen LogP contribution < -0.4 is 0 Å². The molecule has 4 atom stereocenters. The Hall–Kier alpha value is -1.50. The molecule has 2 fully saturated rings. The molecule has 1 spiro atoms. The molecule has 4 aliphatic rings. The number of piperidine rings is 1. The first-order valence-corrected chi connectivity index (χ1v) is 12.7. The fraction of sp³-hybridized carbons (Fsp3) is 0.680. The largest absolute Gasteiger partial charge is 0.490 e. The number of thiophene rings is 1. The van der Waals surface area contributed by atoms with Gasteiger partial charge >= 0.3 is 0 Å². The van der Waals surface area contributed by atoms with E-state index in [0.29, 0.717) is 18.1 Å². The summed E-state index contributed by atoms with van der Waals surface area (Å²) in [5.74, 6) is 1.65. The maximum absolute atomic E-state index is 6.51. The first-order valence-electron chi connectivity index (χ1n) is 11.9. The molecule has 1 aliphatic carbocycles. The van der Waals surface area contributed by atoms with Crippen LogP contribution in [0.2, 0.25) is 0 Å². The van der Waals surface area contributed by atoms with Crippen LogP contribution in [-0.4, -0.2) is 43.8 Å². The molecular weight excluding hydrogens is 406 g/mol. The number of rotatable bonds is 5. The molecule has 4 heterocycles. The lowest BCUT2D eigenvalue weighted by Crippen LogP contribution is -2.50. The third-order valence-electron chi connectivity index (χ3n) is 7.78. The second kappa shape index (κ2) is 8.45. The second-order valence-corrected chi connectivity index (χ2v) is 10.8. The number of nitrogens with zero attached hydrogens (tertiary/aromatic N) is 3. The Balaban J connectivity index is 1.32. The third kappa shape index (κ3) is 3.81. The Kier molecular flexibility index (Phi) is 5.82. The summed E-state index contributed by atoms with van der Waals surface area (Å²) in [5, 5.41) is 8.58. The lowest BCUT2D eigenvalue weighted by atomic mass is 9.79. The summed E-state index contributed by atoms with van der Waals surface area (Å²) < 4.78 is 12.7. The van der Waals surface area contributed by atoms with Gasteiger partial charge in [0.15, 0.2) is 0 Å². The predicted molar refractivity (Wildman–Crippen MR) is 124 cm³/mol. The van der Waals surface area contributed by atoms with Crippen LogP contribution in [0.15, 0.2) is 39.4 Å². The number of fused-ring (bicyclic) bond motifs is 3. The molecule has 0 amide bonds. The summed E-state index contributed by atoms with van der Waals surface area (Å²) >= 11 is 2.00. The zero-order chi connectivity index (χ0) is 21.6. The minimum atomic E-state index is -0.101. The van der Waals surface area contributed by atoms with E-state index in [1.165, 1.54) is 28.9 Å². The number of likely N-dealkylation sites (tertiary alicyclic amines) is 1. The van der Waals surface area contributed by atoms with Crippen molar-refractivity contribution >= 4 is 11.3 Å². The van der Waals surface area contributed by atoms with Gasteiger partial charge < -0.3 is 9.47 Å². The molecule has 3 aliphatic heterocycles. The fourth-order valence-electron chi connectivity index (χ4n) is 5.80. The zero-order valence-corrected chi connectivity index (χ0v) is 20.1. The summed E-state index contributed by atoms with van der Waals surface area (Å²) in [6.07, 6.45) is 9.25. The van der Waals surface area contributed by atoms with Crippen molar-refractivity contribution in [2.75, 3.05) is 26.7 Å². The Bertz CT molecular complexity index is 933. The van der Waals surface area contributed by atoms with Crippen LogP contribution in [0.1, 0.15) is 61.8 Å². The summed E-state index contributed by atoms with van der Waals surface area (Å²) in [7, 11) is 1.75. The van der Waals surface area contributed by atoms with Gasteiger partial charge in [-0.25, -0.2) is 0 Å². The highest BCUT2D eigenvalue weighted by atomic mass is 32.1. The van der Waals surface area contributed by atoms with E-state index in [2.05, 4.69) is 48.0 Å². The topological polar surface area (TPSA) is 46.4 Å². The lowest BCUT2D eigenvalue weighted by molar-refractivity contribution is -0.109. The van der Waals surface area contributed by atoms with Crippen molar-refractivity contribution in [1.82, 2.24) is 4.90 Å². The fourth-order valence-corrected chi connectivity index (χ4v) is 6.97. The number of hydrogen-bond acceptors (Lipinski definition) is 6. The van der Waals surface area contributed by atoms with Crippen molar-refractivity contribution in [2.45, 2.75) is 77.0 Å². The minimum absolute atomic E-state index is 0.101. The number of aryl methyl sites for hydroxylation is 1. The number of azo groups is 1. The Morgan fingerprint density at radius 2 is 2.26 bits per heavy atom. The molecule has 5 rings (SSSR count). The molecule has 0 N–H and O–H groups in total. The minimum Gasteiger partial charge on any atom is -0.490 e. The van der Waals surface area contributed by atoms with Crippen molar-refractivity contribution in [3.05, 3.63) is 44.5 Å². The van der Waals surface area contributed by atoms with Crippen molar-refractivity contribution < 1.29 is 9.47 Å². The van der Waals surface area contributed by atoms with Gasteiger partial charge in [-0.3, -0.25) is 4.90 Å². The zero-order valence-electron chi connectivity index (χ0n) is 19.3. The number of hydrogen-bond donors (Lipinski definition) is 0. The van der Waals surface area contributed by atoms with E-state index in [0.717, 1.165) is 56.8 Å². The van der Waals surface area contributed by atoms with Gasteiger partial charge in [-0.2, -0.15) is 10.2 Å². The highest BCUT2D eigenvalue weighted by Gasteiger charge is 2.45. The van der Waals surface area contributed by atoms with Crippen LogP contribution in [0.25, 0.3) is 0 Å². The Morgan fingerprint density at radius 3 is 2.90 bits per heavy atom. The molecule has 31 heavy (non-hydrogen) atoms. The average molecular weight is 442 g/mol. The van der Waals surface area contributed by atoms with Gasteiger partial charge in [0.05, 0.1) is 17.9 Å². The number of allylic oxidation sites excluding steroid dienone is 1. The van der Waals surface area contributed by atoms with Gasteiger partial charge in [0.2, 0.25) is 0 Å².